The summed E-state index contributed by atoms with van der Waals surface area (Å²) in [6.07, 6.45) is 1.68. The van der Waals surface area contributed by atoms with Gasteiger partial charge in [0.25, 0.3) is 0 Å². The van der Waals surface area contributed by atoms with Crippen LogP contribution in [-0.4, -0.2) is 0 Å². The van der Waals surface area contributed by atoms with E-state index in [1.54, 1.807) is 20.3 Å². The Bertz CT molecular complexity index is 455. The van der Waals surface area contributed by atoms with Crippen molar-refractivity contribution in [2.75, 3.05) is 0 Å². The fourth-order valence-electron chi connectivity index (χ4n) is 0.989. The van der Waals surface area contributed by atoms with Crippen LogP contribution in [0.15, 0.2) is 0 Å². The van der Waals surface area contributed by atoms with Crippen molar-refractivity contribution in [3.05, 3.63) is 0 Å². The molecule has 0 nitrogen and oxygen atoms in total. The fourth-order valence-corrected chi connectivity index (χ4v) is 226. The van der Waals surface area contributed by atoms with Gasteiger partial charge >= 0.3 is 108 Å². The van der Waals surface area contributed by atoms with Crippen LogP contribution in [0.5, 0.6) is 0 Å². The molecule has 13 heavy (non-hydrogen) atoms. The molecule has 0 bridgehead atoms. The number of fused-ring (bicyclic) bond motifs is 2. The quantitative estimate of drug-likeness (QED) is 0.146. The first-order chi connectivity index (χ1) is 5.73. The minimum absolute atomic E-state index is 0. The molecule has 0 fully saturated rings. The van der Waals surface area contributed by atoms with Crippen molar-refractivity contribution in [3.8, 4) is 0 Å². The molecule has 4 heterocycles. The van der Waals surface area contributed by atoms with E-state index < -0.39 is 5.35 Å². The first-order valence-corrected chi connectivity index (χ1v) is 27.2. The van der Waals surface area contributed by atoms with Gasteiger partial charge in [0.1, 0.15) is 0 Å². The molecular weight excluding hydrogens is 616 g/mol. The van der Waals surface area contributed by atoms with Gasteiger partial charge in [-0.3, -0.25) is 0 Å². The fraction of sp³-hybridized carbons (Fsp3) is 0. The van der Waals surface area contributed by atoms with E-state index in [0.29, 0.717) is 19.7 Å². The normalized spacial score (nSPS) is 28.7. The van der Waals surface area contributed by atoms with Crippen molar-refractivity contribution >= 4 is 94.8 Å². The number of hydrogen-bond donors (Lipinski definition) is 0. The smallest absolute Gasteiger partial charge is 0 e. The Morgan fingerprint density at radius 2 is 1.54 bits per heavy atom. The maximum absolute atomic E-state index is 6.18. The summed E-state index contributed by atoms with van der Waals surface area (Å²) in [4.78, 5) is 0. The minimum Gasteiger partial charge on any atom is 0 e. The molecular formula is H2Cl2CuIP8Pd. The van der Waals surface area contributed by atoms with Crippen LogP contribution in [0, 0.1) is 0 Å². The third kappa shape index (κ3) is 2.28. The molecule has 3 aromatic heterocycles. The van der Waals surface area contributed by atoms with Gasteiger partial charge in [-0.25, -0.2) is 0 Å². The SMILES string of the molecule is Cl[PH]1(Cl)p2p(-p3p4[pH]p34)p21.[Cu][I].[Pd]. The van der Waals surface area contributed by atoms with E-state index in [0.717, 1.165) is 19.3 Å². The molecule has 0 aromatic carbocycles. The van der Waals surface area contributed by atoms with Crippen molar-refractivity contribution in [1.29, 1.82) is 0 Å². The summed E-state index contributed by atoms with van der Waals surface area (Å²) in [5.74, 6) is 0. The van der Waals surface area contributed by atoms with Crippen LogP contribution in [0.25, 0.3) is 0 Å². The Kier molecular flexibility index (Phi) is 5.38. The summed E-state index contributed by atoms with van der Waals surface area (Å²) in [6, 6.07) is 0. The molecule has 0 spiro atoms. The summed E-state index contributed by atoms with van der Waals surface area (Å²) in [6.45, 7) is 2.50. The third-order valence-electron chi connectivity index (χ3n) is 1.72. The molecule has 0 saturated carbocycles. The van der Waals surface area contributed by atoms with Crippen LogP contribution >= 0.6 is 94.8 Å². The predicted octanol–water partition coefficient (Wildman–Crippen LogP) is 8.61. The summed E-state index contributed by atoms with van der Waals surface area (Å²) in [5, 5.41) is -1.32. The Labute approximate surface area is 126 Å². The second kappa shape index (κ2) is 4.85. The van der Waals surface area contributed by atoms with E-state index in [1.807, 2.05) is 0 Å². The van der Waals surface area contributed by atoms with Crippen molar-refractivity contribution in [3.63, 3.8) is 0 Å². The second-order valence-corrected chi connectivity index (χ2v) is 62.2. The standard InChI is InChI=1S/Cl2H2P8.Cu.HI.Pd/c1-10(2)8-7(9(8)10)6-4-3-5(4)6;;;/h3,10H;;1H;/q;+1;;/p-1. The van der Waals surface area contributed by atoms with Crippen LogP contribution in [0.1, 0.15) is 0 Å². The topological polar surface area (TPSA) is 0 Å². The molecule has 0 radical (unpaired) electrons. The largest absolute Gasteiger partial charge is 0 e. The van der Waals surface area contributed by atoms with Crippen molar-refractivity contribution in [2.45, 2.75) is 0 Å². The van der Waals surface area contributed by atoms with E-state index in [2.05, 4.69) is 12.8 Å². The van der Waals surface area contributed by atoms with Gasteiger partial charge < -0.3 is 0 Å². The molecule has 4 rings (SSSR count). The van der Waals surface area contributed by atoms with E-state index in [4.69, 9.17) is 22.5 Å². The molecule has 0 amide bonds. The molecule has 13 heteroatoms. The number of rotatable bonds is 1. The first-order valence-electron chi connectivity index (χ1n) is 2.79. The number of halogens is 3. The van der Waals surface area contributed by atoms with Gasteiger partial charge in [0, 0.05) is 20.4 Å². The molecule has 3 aromatic rings. The van der Waals surface area contributed by atoms with Gasteiger partial charge in [0.15, 0.2) is 0 Å². The summed E-state index contributed by atoms with van der Waals surface area (Å²) >= 11 is 18.2. The van der Waals surface area contributed by atoms with Crippen molar-refractivity contribution in [1.82, 2.24) is 0 Å². The summed E-state index contributed by atoms with van der Waals surface area (Å²) in [7, 11) is 1.53. The van der Waals surface area contributed by atoms with Gasteiger partial charge in [-0.1, -0.05) is 0 Å². The zero-order valence-corrected chi connectivity index (χ0v) is 19.0. The van der Waals surface area contributed by atoms with E-state index in [9.17, 15) is 0 Å². The third-order valence-corrected chi connectivity index (χ3v) is 119. The van der Waals surface area contributed by atoms with Crippen LogP contribution in [0.4, 0.5) is 0 Å². The Balaban J connectivity index is 0.000000206. The van der Waals surface area contributed by atoms with Gasteiger partial charge in [0.2, 0.25) is 0 Å². The molecule has 4 atom stereocenters. The monoisotopic (exact) mass is 615 g/mol. The first kappa shape index (κ1) is 14.4. The van der Waals surface area contributed by atoms with Gasteiger partial charge in [-0.15, -0.1) is 0 Å². The van der Waals surface area contributed by atoms with E-state index in [1.165, 1.54) is 7.55 Å². The maximum Gasteiger partial charge on any atom is 0 e. The van der Waals surface area contributed by atoms with E-state index in [-0.39, 0.29) is 20.4 Å². The zero-order chi connectivity index (χ0) is 8.67. The van der Waals surface area contributed by atoms with Crippen LogP contribution < -0.4 is 0 Å². The van der Waals surface area contributed by atoms with Gasteiger partial charge in [-0.2, -0.15) is 0 Å². The van der Waals surface area contributed by atoms with E-state index >= 15 is 0 Å². The van der Waals surface area contributed by atoms with Crippen molar-refractivity contribution in [2.24, 2.45) is 0 Å². The zero-order valence-electron chi connectivity index (χ0n) is 5.43. The molecule has 1 aliphatic heterocycles. The minimum atomic E-state index is -1.32. The van der Waals surface area contributed by atoms with Crippen LogP contribution in [-0.2, 0) is 33.2 Å². The second-order valence-electron chi connectivity index (χ2n) is 2.30. The molecule has 1 aliphatic rings. The van der Waals surface area contributed by atoms with Gasteiger partial charge in [-0.05, 0) is 0 Å². The molecule has 0 aliphatic carbocycles. The predicted molar refractivity (Wildman–Crippen MR) is 83.9 cm³/mol. The molecule has 4 unspecified atom stereocenters. The summed E-state index contributed by atoms with van der Waals surface area (Å²) < 4.78 is 0. The van der Waals surface area contributed by atoms with Gasteiger partial charge in [0.05, 0.1) is 0 Å². The Hall–Kier alpha value is 5.02. The van der Waals surface area contributed by atoms with Crippen LogP contribution in [0.3, 0.4) is 0 Å². The average Bonchev–Trinajstić information content (AvgIpc) is 2.83. The van der Waals surface area contributed by atoms with Crippen LogP contribution in [0.2, 0.25) is 0 Å². The molecule has 0 N–H and O–H groups in total. The molecule has 0 saturated heterocycles. The number of hydrogen-bond acceptors (Lipinski definition) is 0. The van der Waals surface area contributed by atoms with Crippen molar-refractivity contribution < 1.29 is 33.2 Å². The Morgan fingerprint density at radius 3 is 1.77 bits per heavy atom. The summed E-state index contributed by atoms with van der Waals surface area (Å²) in [5.41, 5.74) is 0. The average molecular weight is 618 g/mol. The Morgan fingerprint density at radius 1 is 1.08 bits per heavy atom. The maximum atomic E-state index is 6.18. The molecule has 84 valence electrons.